The first-order valence-corrected chi connectivity index (χ1v) is 14.2. The van der Waals surface area contributed by atoms with E-state index in [-0.39, 0.29) is 11.4 Å². The van der Waals surface area contributed by atoms with Gasteiger partial charge in [0, 0.05) is 25.2 Å². The van der Waals surface area contributed by atoms with Gasteiger partial charge in [-0.25, -0.2) is 9.69 Å². The molecule has 8 nitrogen and oxygen atoms in total. The number of hydrogen-bond donors (Lipinski definition) is 2. The summed E-state index contributed by atoms with van der Waals surface area (Å²) in [7, 11) is 0. The molecule has 0 unspecified atom stereocenters. The predicted molar refractivity (Wildman–Crippen MR) is 133 cm³/mol. The molecule has 8 heteroatoms. The molecule has 0 spiro atoms. The van der Waals surface area contributed by atoms with Gasteiger partial charge in [-0.05, 0) is 75.0 Å². The smallest absolute Gasteiger partial charge is 0.258 e. The van der Waals surface area contributed by atoms with Gasteiger partial charge in [-0.15, -0.1) is 0 Å². The highest BCUT2D eigenvalue weighted by Crippen LogP contribution is 2.55. The van der Waals surface area contributed by atoms with Crippen LogP contribution in [0.1, 0.15) is 81.0 Å². The molecule has 7 rings (SSSR count). The number of carbonyl (C=O) groups excluding carboxylic acids is 1. The fourth-order valence-electron chi connectivity index (χ4n) is 8.00. The minimum absolute atomic E-state index is 0.00748. The van der Waals surface area contributed by atoms with Gasteiger partial charge in [0.25, 0.3) is 5.91 Å². The highest BCUT2D eigenvalue weighted by Gasteiger charge is 2.51. The molecule has 6 aliphatic rings. The molecule has 5 aliphatic carbocycles. The molecular formula is C27H43N5O3. The summed E-state index contributed by atoms with van der Waals surface area (Å²) in [6.07, 6.45) is 15.7. The summed E-state index contributed by atoms with van der Waals surface area (Å²) in [5, 5.41) is 10.4. The lowest BCUT2D eigenvalue weighted by Gasteiger charge is -2.56. The average molecular weight is 486 g/mol. The van der Waals surface area contributed by atoms with E-state index >= 15 is 0 Å². The maximum absolute atomic E-state index is 13.7. The number of rotatable bonds is 9. The van der Waals surface area contributed by atoms with Crippen LogP contribution in [0.5, 0.6) is 5.88 Å². The second-order valence-corrected chi connectivity index (χ2v) is 12.1. The molecule has 1 aromatic heterocycles. The van der Waals surface area contributed by atoms with Crippen LogP contribution in [0.3, 0.4) is 0 Å². The number of nitrogens with zero attached hydrogens (tertiary/aromatic N) is 3. The van der Waals surface area contributed by atoms with Crippen LogP contribution in [0.15, 0.2) is 6.20 Å². The standard InChI is InChI=1S/C27H43N5O3/c33-25(30-27-15-21-12-22(16-27)14-23(13-21)17-27)24-18-29-32(7-6-28-31-8-10-34-11-9-31)26(24)35-19-20-4-2-1-3-5-20/h18,20-23,28H,1-17,19H2,(H,30,33). The second kappa shape index (κ2) is 10.4. The molecule has 0 atom stereocenters. The Morgan fingerprint density at radius 3 is 2.43 bits per heavy atom. The van der Waals surface area contributed by atoms with Crippen LogP contribution in [0, 0.1) is 23.7 Å². The SMILES string of the molecule is O=C(NC12CC3CC(CC(C3)C1)C2)c1cnn(CCNN2CCOCC2)c1OCC1CCCCC1. The number of ether oxygens (including phenoxy) is 2. The molecular weight excluding hydrogens is 442 g/mol. The van der Waals surface area contributed by atoms with Crippen LogP contribution in [0.25, 0.3) is 0 Å². The van der Waals surface area contributed by atoms with E-state index in [1.54, 1.807) is 6.20 Å². The average Bonchev–Trinajstić information content (AvgIpc) is 3.26. The molecule has 2 heterocycles. The number of hydrazine groups is 1. The fraction of sp³-hybridized carbons (Fsp3) is 0.852. The Morgan fingerprint density at radius 1 is 1.06 bits per heavy atom. The van der Waals surface area contributed by atoms with E-state index in [1.807, 2.05) is 4.68 Å². The third-order valence-electron chi connectivity index (χ3n) is 9.30. The first-order chi connectivity index (χ1) is 17.2. The predicted octanol–water partition coefficient (Wildman–Crippen LogP) is 3.38. The molecule has 194 valence electrons. The highest BCUT2D eigenvalue weighted by atomic mass is 16.5. The van der Waals surface area contributed by atoms with E-state index in [4.69, 9.17) is 9.47 Å². The third-order valence-corrected chi connectivity index (χ3v) is 9.30. The van der Waals surface area contributed by atoms with Gasteiger partial charge in [0.05, 0.1) is 32.6 Å². The van der Waals surface area contributed by atoms with Crippen molar-refractivity contribution in [3.63, 3.8) is 0 Å². The Labute approximate surface area is 209 Å². The number of amides is 1. The molecule has 6 fully saturated rings. The molecule has 1 amide bonds. The first kappa shape index (κ1) is 23.7. The quantitative estimate of drug-likeness (QED) is 0.558. The number of morpholine rings is 1. The summed E-state index contributed by atoms with van der Waals surface area (Å²) in [5.41, 5.74) is 4.09. The zero-order valence-corrected chi connectivity index (χ0v) is 21.2. The zero-order chi connectivity index (χ0) is 23.7. The Balaban J connectivity index is 1.14. The largest absolute Gasteiger partial charge is 0.477 e. The van der Waals surface area contributed by atoms with Crippen molar-refractivity contribution in [3.05, 3.63) is 11.8 Å². The van der Waals surface area contributed by atoms with Gasteiger partial charge in [0.2, 0.25) is 5.88 Å². The molecule has 5 saturated carbocycles. The molecule has 1 aliphatic heterocycles. The monoisotopic (exact) mass is 485 g/mol. The van der Waals surface area contributed by atoms with Crippen molar-refractivity contribution in [2.24, 2.45) is 23.7 Å². The van der Waals surface area contributed by atoms with Crippen molar-refractivity contribution in [1.29, 1.82) is 0 Å². The maximum Gasteiger partial charge on any atom is 0.258 e. The molecule has 1 aromatic rings. The van der Waals surface area contributed by atoms with Crippen LogP contribution in [0.2, 0.25) is 0 Å². The summed E-state index contributed by atoms with van der Waals surface area (Å²) >= 11 is 0. The molecule has 1 saturated heterocycles. The first-order valence-electron chi connectivity index (χ1n) is 14.2. The third kappa shape index (κ3) is 5.39. The highest BCUT2D eigenvalue weighted by molar-refractivity contribution is 5.96. The van der Waals surface area contributed by atoms with Crippen molar-refractivity contribution in [2.75, 3.05) is 39.5 Å². The lowest BCUT2D eigenvalue weighted by atomic mass is 9.53. The van der Waals surface area contributed by atoms with Crippen LogP contribution >= 0.6 is 0 Å². The second-order valence-electron chi connectivity index (χ2n) is 12.1. The van der Waals surface area contributed by atoms with E-state index in [0.29, 0.717) is 30.5 Å². The minimum atomic E-state index is -0.00748. The van der Waals surface area contributed by atoms with Crippen LogP contribution in [-0.4, -0.2) is 65.7 Å². The van der Waals surface area contributed by atoms with Gasteiger partial charge in [0.15, 0.2) is 0 Å². The van der Waals surface area contributed by atoms with Crippen LogP contribution in [0.4, 0.5) is 0 Å². The number of aromatic nitrogens is 2. The lowest BCUT2D eigenvalue weighted by molar-refractivity contribution is -0.0167. The van der Waals surface area contributed by atoms with E-state index in [0.717, 1.165) is 69.9 Å². The zero-order valence-electron chi connectivity index (χ0n) is 21.2. The Kier molecular flexibility index (Phi) is 7.04. The Morgan fingerprint density at radius 2 is 1.74 bits per heavy atom. The van der Waals surface area contributed by atoms with Crippen molar-refractivity contribution < 1.29 is 14.3 Å². The number of nitrogens with one attached hydrogen (secondary N) is 2. The number of carbonyl (C=O) groups is 1. The van der Waals surface area contributed by atoms with Crippen LogP contribution in [-0.2, 0) is 11.3 Å². The van der Waals surface area contributed by atoms with Gasteiger partial charge in [-0.3, -0.25) is 10.2 Å². The van der Waals surface area contributed by atoms with Gasteiger partial charge in [-0.1, -0.05) is 19.3 Å². The van der Waals surface area contributed by atoms with Crippen molar-refractivity contribution >= 4 is 5.91 Å². The fourth-order valence-corrected chi connectivity index (χ4v) is 8.00. The molecule has 0 radical (unpaired) electrons. The van der Waals surface area contributed by atoms with E-state index in [1.165, 1.54) is 51.4 Å². The molecule has 4 bridgehead atoms. The van der Waals surface area contributed by atoms with E-state index < -0.39 is 0 Å². The van der Waals surface area contributed by atoms with E-state index in [9.17, 15) is 4.79 Å². The Hall–Kier alpha value is -1.64. The van der Waals surface area contributed by atoms with Crippen LogP contribution < -0.4 is 15.5 Å². The maximum atomic E-state index is 13.7. The normalized spacial score (nSPS) is 33.2. The molecule has 2 N–H and O–H groups in total. The summed E-state index contributed by atoms with van der Waals surface area (Å²) < 4.78 is 13.7. The number of hydrogen-bond acceptors (Lipinski definition) is 6. The Bertz CT molecular complexity index is 839. The van der Waals surface area contributed by atoms with Crippen molar-refractivity contribution in [3.8, 4) is 5.88 Å². The van der Waals surface area contributed by atoms with Gasteiger partial charge < -0.3 is 14.8 Å². The van der Waals surface area contributed by atoms with E-state index in [2.05, 4.69) is 20.9 Å². The summed E-state index contributed by atoms with van der Waals surface area (Å²) in [6.45, 7) is 5.41. The summed E-state index contributed by atoms with van der Waals surface area (Å²) in [6, 6.07) is 0. The van der Waals surface area contributed by atoms with Gasteiger partial charge in [0.1, 0.15) is 5.56 Å². The summed E-state index contributed by atoms with van der Waals surface area (Å²) in [4.78, 5) is 13.7. The van der Waals surface area contributed by atoms with Crippen molar-refractivity contribution in [1.82, 2.24) is 25.5 Å². The topological polar surface area (TPSA) is 80.7 Å². The van der Waals surface area contributed by atoms with Gasteiger partial charge in [-0.2, -0.15) is 5.10 Å². The molecule has 35 heavy (non-hydrogen) atoms. The minimum Gasteiger partial charge on any atom is -0.477 e. The van der Waals surface area contributed by atoms with Crippen molar-refractivity contribution in [2.45, 2.75) is 82.7 Å². The summed E-state index contributed by atoms with van der Waals surface area (Å²) in [5.74, 6) is 3.66. The lowest BCUT2D eigenvalue weighted by Crippen LogP contribution is -2.59. The molecule has 0 aromatic carbocycles. The van der Waals surface area contributed by atoms with Gasteiger partial charge >= 0.3 is 0 Å².